The van der Waals surface area contributed by atoms with Gasteiger partial charge < -0.3 is 5.32 Å². The number of nitrogens with one attached hydrogen (secondary N) is 1. The molecule has 0 saturated carbocycles. The predicted octanol–water partition coefficient (Wildman–Crippen LogP) is 3.14. The van der Waals surface area contributed by atoms with Gasteiger partial charge in [-0.15, -0.1) is 0 Å². The molecule has 0 spiro atoms. The Bertz CT molecular complexity index is 415. The highest BCUT2D eigenvalue weighted by Crippen LogP contribution is 2.33. The average Bonchev–Trinajstić information content (AvgIpc) is 2.90. The standard InChI is InChI=1S/C17H25NO/c1-3-9-17(10-11-18-13-17)16(19)12-15-7-5-14(4-2)6-8-15/h5-8,18H,3-4,9-13H2,1-2H3. The first kappa shape index (κ1) is 14.3. The van der Waals surface area contributed by atoms with Gasteiger partial charge in [-0.05, 0) is 36.9 Å². The summed E-state index contributed by atoms with van der Waals surface area (Å²) in [6.45, 7) is 6.18. The Morgan fingerprint density at radius 3 is 2.42 bits per heavy atom. The lowest BCUT2D eigenvalue weighted by Gasteiger charge is -2.26. The van der Waals surface area contributed by atoms with Gasteiger partial charge in [-0.25, -0.2) is 0 Å². The quantitative estimate of drug-likeness (QED) is 0.850. The monoisotopic (exact) mass is 259 g/mol. The van der Waals surface area contributed by atoms with Gasteiger partial charge in [0.25, 0.3) is 0 Å². The van der Waals surface area contributed by atoms with Crippen LogP contribution in [0.25, 0.3) is 0 Å². The Balaban J connectivity index is 2.05. The number of hydrogen-bond acceptors (Lipinski definition) is 2. The zero-order chi connectivity index (χ0) is 13.7. The molecule has 19 heavy (non-hydrogen) atoms. The highest BCUT2D eigenvalue weighted by Gasteiger charge is 2.39. The third-order valence-electron chi connectivity index (χ3n) is 4.36. The molecule has 1 fully saturated rings. The van der Waals surface area contributed by atoms with Gasteiger partial charge in [-0.3, -0.25) is 4.79 Å². The number of Topliss-reactive ketones (excluding diaryl/α,β-unsaturated/α-hetero) is 1. The maximum absolute atomic E-state index is 12.6. The molecule has 2 heteroatoms. The van der Waals surface area contributed by atoms with E-state index in [1.54, 1.807) is 0 Å². The van der Waals surface area contributed by atoms with Crippen LogP contribution in [-0.2, 0) is 17.6 Å². The molecule has 1 aromatic carbocycles. The molecule has 0 aliphatic carbocycles. The summed E-state index contributed by atoms with van der Waals surface area (Å²) >= 11 is 0. The molecule has 0 radical (unpaired) electrons. The number of carbonyl (C=O) groups excluding carboxylic acids is 1. The van der Waals surface area contributed by atoms with Crippen molar-refractivity contribution in [1.29, 1.82) is 0 Å². The number of rotatable bonds is 6. The van der Waals surface area contributed by atoms with Gasteiger partial charge >= 0.3 is 0 Å². The van der Waals surface area contributed by atoms with Gasteiger partial charge in [0.15, 0.2) is 0 Å². The minimum Gasteiger partial charge on any atom is -0.316 e. The summed E-state index contributed by atoms with van der Waals surface area (Å²) in [6, 6.07) is 8.50. The molecular weight excluding hydrogens is 234 g/mol. The van der Waals surface area contributed by atoms with Crippen LogP contribution in [-0.4, -0.2) is 18.9 Å². The van der Waals surface area contributed by atoms with E-state index in [0.717, 1.165) is 44.3 Å². The number of aryl methyl sites for hydroxylation is 1. The Morgan fingerprint density at radius 1 is 1.21 bits per heavy atom. The van der Waals surface area contributed by atoms with Gasteiger partial charge in [0.1, 0.15) is 5.78 Å². The summed E-state index contributed by atoms with van der Waals surface area (Å²) in [4.78, 5) is 12.6. The van der Waals surface area contributed by atoms with Crippen molar-refractivity contribution in [2.24, 2.45) is 5.41 Å². The summed E-state index contributed by atoms with van der Waals surface area (Å²) in [5, 5.41) is 3.36. The van der Waals surface area contributed by atoms with E-state index in [2.05, 4.69) is 43.4 Å². The third-order valence-corrected chi connectivity index (χ3v) is 4.36. The van der Waals surface area contributed by atoms with Crippen molar-refractivity contribution in [3.05, 3.63) is 35.4 Å². The Morgan fingerprint density at radius 2 is 1.89 bits per heavy atom. The van der Waals surface area contributed by atoms with Crippen LogP contribution in [0.1, 0.15) is 44.2 Å². The van der Waals surface area contributed by atoms with E-state index in [-0.39, 0.29) is 5.41 Å². The number of carbonyl (C=O) groups is 1. The molecule has 1 unspecified atom stereocenters. The predicted molar refractivity (Wildman–Crippen MR) is 79.4 cm³/mol. The number of benzene rings is 1. The SMILES string of the molecule is CCCC1(C(=O)Cc2ccc(CC)cc2)CCNC1. The van der Waals surface area contributed by atoms with E-state index in [1.807, 2.05) is 0 Å². The molecule has 1 aromatic rings. The summed E-state index contributed by atoms with van der Waals surface area (Å²) < 4.78 is 0. The molecule has 1 heterocycles. The lowest BCUT2D eigenvalue weighted by molar-refractivity contribution is -0.127. The lowest BCUT2D eigenvalue weighted by Crippen LogP contribution is -2.34. The molecule has 1 saturated heterocycles. The van der Waals surface area contributed by atoms with E-state index >= 15 is 0 Å². The molecule has 0 aromatic heterocycles. The van der Waals surface area contributed by atoms with Crippen molar-refractivity contribution >= 4 is 5.78 Å². The van der Waals surface area contributed by atoms with Gasteiger partial charge in [-0.2, -0.15) is 0 Å². The molecule has 104 valence electrons. The lowest BCUT2D eigenvalue weighted by atomic mass is 9.76. The fourth-order valence-electron chi connectivity index (χ4n) is 3.08. The zero-order valence-electron chi connectivity index (χ0n) is 12.2. The Kier molecular flexibility index (Phi) is 4.76. The zero-order valence-corrected chi connectivity index (χ0v) is 12.2. The molecule has 1 aliphatic rings. The van der Waals surface area contributed by atoms with Crippen molar-refractivity contribution in [3.8, 4) is 0 Å². The molecule has 1 atom stereocenters. The maximum Gasteiger partial charge on any atom is 0.144 e. The fraction of sp³-hybridized carbons (Fsp3) is 0.588. The van der Waals surface area contributed by atoms with Crippen LogP contribution in [0.2, 0.25) is 0 Å². The minimum atomic E-state index is -0.0990. The summed E-state index contributed by atoms with van der Waals surface area (Å²) in [5.74, 6) is 0.420. The van der Waals surface area contributed by atoms with Crippen LogP contribution < -0.4 is 5.32 Å². The smallest absolute Gasteiger partial charge is 0.144 e. The van der Waals surface area contributed by atoms with Crippen molar-refractivity contribution in [1.82, 2.24) is 5.32 Å². The number of ketones is 1. The first-order valence-electron chi connectivity index (χ1n) is 7.52. The molecule has 2 nitrogen and oxygen atoms in total. The second kappa shape index (κ2) is 6.33. The van der Waals surface area contributed by atoms with Crippen LogP contribution in [0, 0.1) is 5.41 Å². The highest BCUT2D eigenvalue weighted by molar-refractivity contribution is 5.87. The molecule has 1 aliphatic heterocycles. The average molecular weight is 259 g/mol. The summed E-state index contributed by atoms with van der Waals surface area (Å²) in [7, 11) is 0. The molecular formula is C17H25NO. The maximum atomic E-state index is 12.6. The minimum absolute atomic E-state index is 0.0990. The third kappa shape index (κ3) is 3.24. The van der Waals surface area contributed by atoms with Gasteiger partial charge in [0, 0.05) is 18.4 Å². The number of hydrogen-bond donors (Lipinski definition) is 1. The van der Waals surface area contributed by atoms with Gasteiger partial charge in [0.2, 0.25) is 0 Å². The Hall–Kier alpha value is -1.15. The largest absolute Gasteiger partial charge is 0.316 e. The first-order valence-corrected chi connectivity index (χ1v) is 7.52. The van der Waals surface area contributed by atoms with Gasteiger partial charge in [0.05, 0.1) is 0 Å². The van der Waals surface area contributed by atoms with Gasteiger partial charge in [-0.1, -0.05) is 44.5 Å². The van der Waals surface area contributed by atoms with E-state index in [0.29, 0.717) is 12.2 Å². The van der Waals surface area contributed by atoms with E-state index in [1.165, 1.54) is 5.56 Å². The van der Waals surface area contributed by atoms with Crippen molar-refractivity contribution in [2.75, 3.05) is 13.1 Å². The van der Waals surface area contributed by atoms with Crippen LogP contribution >= 0.6 is 0 Å². The Labute approximate surface area is 116 Å². The topological polar surface area (TPSA) is 29.1 Å². The van der Waals surface area contributed by atoms with E-state index in [4.69, 9.17) is 0 Å². The highest BCUT2D eigenvalue weighted by atomic mass is 16.1. The second-order valence-corrected chi connectivity index (χ2v) is 5.73. The van der Waals surface area contributed by atoms with Crippen LogP contribution in [0.4, 0.5) is 0 Å². The molecule has 2 rings (SSSR count). The summed E-state index contributed by atoms with van der Waals surface area (Å²) in [5.41, 5.74) is 2.39. The van der Waals surface area contributed by atoms with Crippen molar-refractivity contribution < 1.29 is 4.79 Å². The molecule has 0 bridgehead atoms. The normalized spacial score (nSPS) is 22.6. The second-order valence-electron chi connectivity index (χ2n) is 5.73. The first-order chi connectivity index (χ1) is 9.20. The van der Waals surface area contributed by atoms with Crippen LogP contribution in [0.15, 0.2) is 24.3 Å². The van der Waals surface area contributed by atoms with E-state index < -0.39 is 0 Å². The molecule has 1 N–H and O–H groups in total. The van der Waals surface area contributed by atoms with Crippen LogP contribution in [0.3, 0.4) is 0 Å². The molecule has 0 amide bonds. The summed E-state index contributed by atoms with van der Waals surface area (Å²) in [6.07, 6.45) is 4.75. The fourth-order valence-corrected chi connectivity index (χ4v) is 3.08. The van der Waals surface area contributed by atoms with Crippen molar-refractivity contribution in [2.45, 2.75) is 46.0 Å². The van der Waals surface area contributed by atoms with E-state index in [9.17, 15) is 4.79 Å². The van der Waals surface area contributed by atoms with Crippen LogP contribution in [0.5, 0.6) is 0 Å². The van der Waals surface area contributed by atoms with Crippen molar-refractivity contribution in [3.63, 3.8) is 0 Å².